The minimum atomic E-state index is -5.29. The average Bonchev–Trinajstić information content (AvgIpc) is 3.22. The van der Waals surface area contributed by atoms with Crippen molar-refractivity contribution < 1.29 is 175 Å². The fourth-order valence-electron chi connectivity index (χ4n) is 6.87. The smallest absolute Gasteiger partial charge is 0.744 e. The van der Waals surface area contributed by atoms with Crippen LogP contribution in [0.15, 0.2) is 160 Å². The summed E-state index contributed by atoms with van der Waals surface area (Å²) in [6.07, 6.45) is 6.60. The quantitative estimate of drug-likeness (QED) is 0.0631. The van der Waals surface area contributed by atoms with Crippen LogP contribution >= 0.6 is 0 Å². The van der Waals surface area contributed by atoms with E-state index in [9.17, 15) is 56.7 Å². The molecule has 0 radical (unpaired) electrons. The van der Waals surface area contributed by atoms with Crippen molar-refractivity contribution in [3.8, 4) is 0 Å². The number of nitrogens with two attached hydrogens (primary N) is 1. The molecule has 3 aliphatic carbocycles. The zero-order valence-electron chi connectivity index (χ0n) is 35.8. The number of nitrogens with one attached hydrogen (secondary N) is 1. The first-order valence-electron chi connectivity index (χ1n) is 17.9. The van der Waals surface area contributed by atoms with Crippen LogP contribution in [0.25, 0.3) is 16.8 Å². The molecule has 0 fully saturated rings. The summed E-state index contributed by atoms with van der Waals surface area (Å²) in [6.45, 7) is 0. The van der Waals surface area contributed by atoms with Crippen LogP contribution in [-0.2, 0) is 40.5 Å². The van der Waals surface area contributed by atoms with Crippen molar-refractivity contribution in [3.63, 3.8) is 0 Å². The van der Waals surface area contributed by atoms with Gasteiger partial charge in [-0.1, -0.05) is 42.5 Å². The minimum absolute atomic E-state index is 0. The van der Waals surface area contributed by atoms with E-state index in [-0.39, 0.29) is 185 Å². The number of hydrogen-bond acceptors (Lipinski definition) is 20. The summed E-state index contributed by atoms with van der Waals surface area (Å²) in [4.78, 5) is 10.2. The first kappa shape index (κ1) is 57.4. The van der Waals surface area contributed by atoms with Gasteiger partial charge in [0.15, 0.2) is 5.71 Å². The van der Waals surface area contributed by atoms with Gasteiger partial charge in [-0.15, -0.1) is 20.4 Å². The summed E-state index contributed by atoms with van der Waals surface area (Å²) < 4.78 is 145. The van der Waals surface area contributed by atoms with Crippen molar-refractivity contribution in [2.75, 3.05) is 11.2 Å². The van der Waals surface area contributed by atoms with Crippen LogP contribution in [0.3, 0.4) is 0 Å². The van der Waals surface area contributed by atoms with Gasteiger partial charge in [-0.2, -0.15) is 5.10 Å². The molecule has 0 saturated heterocycles. The standard InChI is InChI=1S/C40H27N7O13S4.4Na/c41-22-8-10-25-21(16-22)17-38(64(58,59)60)39(40(25)48)47-46-35-15-14-34(28-11-9-24(20-30(28)35)61(49,50)51)45-44-33-13-12-32(26-4-1-2-5-27(26)33)43-42-23-18-31-29(37(19-23)63(55,56)57)6-3-7-36(31)62(52,53)54;;;;/h1-20,42H,41H2,(H,49,50,51)(H,52,53,54)(H,55,56,57)(H,58,59,60);;;;/q;4*+1/p-4. The molecule has 20 nitrogen and oxygen atoms in total. The number of fused-ring (bicyclic) bond motifs is 4. The molecule has 0 unspecified atom stereocenters. The van der Waals surface area contributed by atoms with Gasteiger partial charge >= 0.3 is 118 Å². The molecule has 0 amide bonds. The molecule has 0 aliphatic heterocycles. The third-order valence-corrected chi connectivity index (χ3v) is 13.2. The summed E-state index contributed by atoms with van der Waals surface area (Å²) in [6, 6.07) is 19.3. The summed E-state index contributed by atoms with van der Waals surface area (Å²) in [5.41, 5.74) is 9.19. The Labute approximate surface area is 476 Å². The van der Waals surface area contributed by atoms with Gasteiger partial charge < -0.3 is 23.9 Å². The van der Waals surface area contributed by atoms with Crippen LogP contribution in [0.4, 0.5) is 11.4 Å². The zero-order chi connectivity index (χ0) is 45.9. The molecular weight excluding hydrogens is 1010 g/mol. The van der Waals surface area contributed by atoms with E-state index in [0.717, 1.165) is 42.5 Å². The molecule has 3 aliphatic rings. The molecule has 5 aromatic carbocycles. The van der Waals surface area contributed by atoms with Crippen molar-refractivity contribution >= 4 is 103 Å². The summed E-state index contributed by atoms with van der Waals surface area (Å²) >= 11 is 0. The molecule has 0 spiro atoms. The number of hydrogen-bond donors (Lipinski definition) is 2. The number of Topliss-reactive ketones (excluding diaryl/α,β-unsaturated/α-hetero) is 1. The number of carbonyl (C=O) groups excluding carboxylic acids is 1. The molecule has 3 N–H and O–H groups in total. The number of ketones is 1. The van der Waals surface area contributed by atoms with Gasteiger partial charge in [0.05, 0.1) is 48.1 Å². The predicted molar refractivity (Wildman–Crippen MR) is 229 cm³/mol. The molecule has 0 saturated carbocycles. The average molecular weight is 1030 g/mol. The maximum absolute atomic E-state index is 13.4. The Morgan fingerprint density at radius 1 is 0.485 bits per heavy atom. The molecule has 28 heteroatoms. The molecule has 0 heterocycles. The van der Waals surface area contributed by atoms with Crippen LogP contribution in [0, 0.1) is 0 Å². The van der Waals surface area contributed by atoms with Crippen molar-refractivity contribution in [2.24, 2.45) is 25.5 Å². The van der Waals surface area contributed by atoms with E-state index in [1.54, 1.807) is 24.3 Å². The van der Waals surface area contributed by atoms with Crippen LogP contribution in [0.2, 0.25) is 0 Å². The number of nitrogens with zero attached hydrogens (tertiary/aromatic N) is 5. The van der Waals surface area contributed by atoms with Gasteiger partial charge in [0.25, 0.3) is 0 Å². The normalized spacial score (nSPS) is 17.3. The van der Waals surface area contributed by atoms with Crippen molar-refractivity contribution in [1.29, 1.82) is 0 Å². The van der Waals surface area contributed by atoms with Crippen molar-refractivity contribution in [2.45, 2.75) is 14.7 Å². The van der Waals surface area contributed by atoms with E-state index in [2.05, 4.69) is 30.9 Å². The monoisotopic (exact) mass is 1030 g/mol. The Morgan fingerprint density at radius 3 is 1.62 bits per heavy atom. The van der Waals surface area contributed by atoms with E-state index in [1.807, 2.05) is 0 Å². The molecule has 0 aromatic heterocycles. The SMILES string of the molecule is Nc1ccc2c(c1)C=C(S(=O)(=O)[O-])C(=NN=C1C=CC(=NN=C3C=CC(=NNc4cc(S(=O)(=O)[O-])c5cccc(S(=O)(=O)[O-])c5c4)c4ccccc43)c3ccc(S(=O)(=O)[O-])cc31)C2=O.[Na+].[Na+].[Na+].[Na+]. The maximum atomic E-state index is 13.4. The summed E-state index contributed by atoms with van der Waals surface area (Å²) in [5.74, 6) is -0.959. The van der Waals surface area contributed by atoms with Crippen LogP contribution in [0.5, 0.6) is 0 Å². The zero-order valence-corrected chi connectivity index (χ0v) is 47.1. The van der Waals surface area contributed by atoms with Gasteiger partial charge in [-0.05, 0) is 84.5 Å². The minimum Gasteiger partial charge on any atom is -0.744 e. The van der Waals surface area contributed by atoms with Crippen molar-refractivity contribution in [3.05, 3.63) is 154 Å². The Balaban J connectivity index is 0.00000252. The van der Waals surface area contributed by atoms with Crippen LogP contribution in [0.1, 0.15) is 38.2 Å². The molecule has 0 atom stereocenters. The van der Waals surface area contributed by atoms with E-state index in [1.165, 1.54) is 54.6 Å². The maximum Gasteiger partial charge on any atom is 1.00 e. The summed E-state index contributed by atoms with van der Waals surface area (Å²) in [5, 5.41) is 20.3. The summed E-state index contributed by atoms with van der Waals surface area (Å²) in [7, 11) is -20.6. The van der Waals surface area contributed by atoms with E-state index in [4.69, 9.17) is 5.73 Å². The Bertz CT molecular complexity index is 3690. The first-order chi connectivity index (χ1) is 30.1. The molecule has 5 aromatic rings. The van der Waals surface area contributed by atoms with Gasteiger partial charge in [0, 0.05) is 44.3 Å². The number of carbonyl (C=O) groups is 1. The van der Waals surface area contributed by atoms with Crippen molar-refractivity contribution in [1.82, 2.24) is 0 Å². The van der Waals surface area contributed by atoms with Crippen LogP contribution < -0.4 is 129 Å². The predicted octanol–water partition coefficient (Wildman–Crippen LogP) is -8.77. The number of hydrazone groups is 1. The molecule has 68 heavy (non-hydrogen) atoms. The Hall–Kier alpha value is -3.16. The Kier molecular flexibility index (Phi) is 18.6. The fraction of sp³-hybridized carbons (Fsp3) is 0. The number of nitrogen functional groups attached to an aromatic ring is 1. The largest absolute Gasteiger partial charge is 1.00 e. The number of benzene rings is 5. The second-order valence-electron chi connectivity index (χ2n) is 13.8. The second-order valence-corrected chi connectivity index (χ2v) is 19.2. The van der Waals surface area contributed by atoms with Gasteiger partial charge in [-0.25, -0.2) is 33.7 Å². The number of allylic oxidation sites excluding steroid dienone is 5. The van der Waals surface area contributed by atoms with Gasteiger partial charge in [0.2, 0.25) is 5.78 Å². The third-order valence-electron chi connectivity index (χ3n) is 9.72. The third kappa shape index (κ3) is 12.1. The number of rotatable bonds is 8. The van der Waals surface area contributed by atoms with Gasteiger partial charge in [0.1, 0.15) is 40.5 Å². The second kappa shape index (κ2) is 22.1. The molecule has 324 valence electrons. The molecule has 0 bridgehead atoms. The molecule has 8 rings (SSSR count). The van der Waals surface area contributed by atoms with Crippen LogP contribution in [-0.4, -0.2) is 86.2 Å². The van der Waals surface area contributed by atoms with E-state index >= 15 is 0 Å². The first-order valence-corrected chi connectivity index (χ1v) is 23.5. The molecular formula is C40H23N7Na4O13S4. The van der Waals surface area contributed by atoms with E-state index in [0.29, 0.717) is 11.1 Å². The topological polar surface area (TPSA) is 346 Å². The Morgan fingerprint density at radius 2 is 1.03 bits per heavy atom. The van der Waals surface area contributed by atoms with Gasteiger partial charge in [-0.3, -0.25) is 10.2 Å². The van der Waals surface area contributed by atoms with E-state index < -0.39 is 71.6 Å². The number of anilines is 2. The fourth-order valence-corrected chi connectivity index (χ4v) is 9.41.